The van der Waals surface area contributed by atoms with Crippen molar-refractivity contribution in [2.75, 3.05) is 37.6 Å². The summed E-state index contributed by atoms with van der Waals surface area (Å²) in [6.45, 7) is 4.27. The zero-order valence-corrected chi connectivity index (χ0v) is 18.8. The molecule has 2 aromatic rings. The number of rotatable bonds is 3. The number of pyridine rings is 1. The number of nitrogens with zero attached hydrogens (tertiary/aromatic N) is 4. The summed E-state index contributed by atoms with van der Waals surface area (Å²) in [5.74, 6) is 1.08. The van der Waals surface area contributed by atoms with E-state index in [1.54, 1.807) is 25.3 Å². The molecular weight excluding hydrogens is 445 g/mol. The Bertz CT molecular complexity index is 1370. The third kappa shape index (κ3) is 4.11. The van der Waals surface area contributed by atoms with E-state index in [-0.39, 0.29) is 5.43 Å². The summed E-state index contributed by atoms with van der Waals surface area (Å²) in [5, 5.41) is 0. The number of para-hydroxylation sites is 2. The van der Waals surface area contributed by atoms with Gasteiger partial charge in [-0.15, -0.1) is 0 Å². The van der Waals surface area contributed by atoms with Gasteiger partial charge in [-0.2, -0.15) is 13.2 Å². The van der Waals surface area contributed by atoms with Gasteiger partial charge >= 0.3 is 6.18 Å². The highest BCUT2D eigenvalue weighted by Crippen LogP contribution is 2.36. The highest BCUT2D eigenvalue weighted by molar-refractivity contribution is 5.86. The highest BCUT2D eigenvalue weighted by Gasteiger charge is 2.32. The molecule has 1 fully saturated rings. The summed E-state index contributed by atoms with van der Waals surface area (Å²) in [6.07, 6.45) is -2.58. The second-order valence-corrected chi connectivity index (χ2v) is 8.60. The van der Waals surface area contributed by atoms with E-state index in [1.807, 2.05) is 36.1 Å². The zero-order valence-electron chi connectivity index (χ0n) is 18.8. The number of hydrogen-bond acceptors (Lipinski definition) is 6. The maximum atomic E-state index is 13.3. The monoisotopic (exact) mass is 468 g/mol. The predicted octanol–water partition coefficient (Wildman–Crippen LogP) is 4.66. The van der Waals surface area contributed by atoms with E-state index in [0.717, 1.165) is 5.56 Å². The number of hydrogen-bond donors (Lipinski definition) is 0. The van der Waals surface area contributed by atoms with Crippen LogP contribution in [0.3, 0.4) is 0 Å². The Morgan fingerprint density at radius 1 is 1.00 bits per heavy atom. The summed E-state index contributed by atoms with van der Waals surface area (Å²) in [4.78, 5) is 25.9. The molecule has 0 N–H and O–H groups in total. The van der Waals surface area contributed by atoms with Gasteiger partial charge in [0.2, 0.25) is 0 Å². The Morgan fingerprint density at radius 3 is 2.41 bits per heavy atom. The van der Waals surface area contributed by atoms with Crippen molar-refractivity contribution in [1.82, 2.24) is 14.9 Å². The van der Waals surface area contributed by atoms with Crippen LogP contribution in [0.25, 0.3) is 33.7 Å². The van der Waals surface area contributed by atoms with Crippen LogP contribution in [0.15, 0.2) is 51.8 Å². The summed E-state index contributed by atoms with van der Waals surface area (Å²) in [7, 11) is 0. The quantitative estimate of drug-likeness (QED) is 0.408. The third-order valence-electron chi connectivity index (χ3n) is 6.37. The van der Waals surface area contributed by atoms with Crippen molar-refractivity contribution in [1.29, 1.82) is 0 Å². The molecule has 1 aromatic heterocycles. The number of alkyl halides is 3. The van der Waals surface area contributed by atoms with Crippen LogP contribution in [0, 0.1) is 13.8 Å². The molecule has 176 valence electrons. The van der Waals surface area contributed by atoms with E-state index >= 15 is 0 Å². The van der Waals surface area contributed by atoms with E-state index in [0.29, 0.717) is 71.2 Å². The van der Waals surface area contributed by atoms with Crippen LogP contribution < -0.4 is 10.3 Å². The first-order valence-corrected chi connectivity index (χ1v) is 11.0. The first kappa shape index (κ1) is 22.3. The largest absolute Gasteiger partial charge is 0.452 e. The second-order valence-electron chi connectivity index (χ2n) is 8.60. The van der Waals surface area contributed by atoms with Gasteiger partial charge in [-0.3, -0.25) is 9.69 Å². The van der Waals surface area contributed by atoms with Crippen LogP contribution >= 0.6 is 0 Å². The first-order valence-electron chi connectivity index (χ1n) is 11.0. The fourth-order valence-electron chi connectivity index (χ4n) is 4.40. The summed E-state index contributed by atoms with van der Waals surface area (Å²) >= 11 is 0. The molecule has 3 aliphatic rings. The molecule has 0 atom stereocenters. The molecule has 34 heavy (non-hydrogen) atoms. The number of halogens is 3. The Kier molecular flexibility index (Phi) is 5.51. The molecule has 0 unspecified atom stereocenters. The molecule has 0 radical (unpaired) electrons. The van der Waals surface area contributed by atoms with Gasteiger partial charge in [0, 0.05) is 43.5 Å². The molecule has 0 spiro atoms. The Labute approximate surface area is 194 Å². The highest BCUT2D eigenvalue weighted by atomic mass is 19.4. The lowest BCUT2D eigenvalue weighted by Gasteiger charge is -2.35. The van der Waals surface area contributed by atoms with Gasteiger partial charge in [-0.05, 0) is 43.7 Å². The molecule has 5 rings (SSSR count). The van der Waals surface area contributed by atoms with Crippen LogP contribution in [0.1, 0.15) is 11.1 Å². The number of aromatic nitrogens is 2. The van der Waals surface area contributed by atoms with Crippen LogP contribution in [0.4, 0.5) is 19.0 Å². The Morgan fingerprint density at radius 2 is 1.74 bits per heavy atom. The summed E-state index contributed by atoms with van der Waals surface area (Å²) in [5.41, 5.74) is 4.19. The van der Waals surface area contributed by atoms with Crippen molar-refractivity contribution in [3.05, 3.63) is 63.9 Å². The Balaban J connectivity index is 1.48. The minimum Gasteiger partial charge on any atom is -0.452 e. The lowest BCUT2D eigenvalue weighted by molar-refractivity contribution is -0.146. The van der Waals surface area contributed by atoms with E-state index in [9.17, 15) is 18.0 Å². The smallest absolute Gasteiger partial charge is 0.401 e. The molecule has 0 amide bonds. The fraction of sp³-hybridized carbons (Fsp3) is 0.320. The maximum Gasteiger partial charge on any atom is 0.401 e. The molecule has 6 nitrogen and oxygen atoms in total. The number of fused-ring (bicyclic) bond motifs is 2. The van der Waals surface area contributed by atoms with E-state index in [4.69, 9.17) is 9.40 Å². The molecule has 2 aliphatic heterocycles. The van der Waals surface area contributed by atoms with Gasteiger partial charge in [-0.25, -0.2) is 9.97 Å². The molecule has 0 saturated carbocycles. The van der Waals surface area contributed by atoms with E-state index < -0.39 is 12.7 Å². The van der Waals surface area contributed by atoms with Gasteiger partial charge in [0.25, 0.3) is 0 Å². The first-order chi connectivity index (χ1) is 16.2. The van der Waals surface area contributed by atoms with Gasteiger partial charge < -0.3 is 9.32 Å². The molecule has 1 aliphatic carbocycles. The lowest BCUT2D eigenvalue weighted by Crippen LogP contribution is -2.49. The SMILES string of the molecule is Cc1c2nc3ccccc3oc-2c(-c2ccc(N3CCN(CC(F)(F)F)CC3)nc2)c(=O)c1C. The van der Waals surface area contributed by atoms with Crippen LogP contribution in [-0.4, -0.2) is 53.8 Å². The average molecular weight is 468 g/mol. The van der Waals surface area contributed by atoms with Crippen molar-refractivity contribution in [2.45, 2.75) is 20.0 Å². The van der Waals surface area contributed by atoms with Crippen molar-refractivity contribution in [3.63, 3.8) is 0 Å². The van der Waals surface area contributed by atoms with Crippen LogP contribution in [0.5, 0.6) is 0 Å². The maximum absolute atomic E-state index is 13.3. The minimum absolute atomic E-state index is 0.138. The average Bonchev–Trinajstić information content (AvgIpc) is 2.82. The van der Waals surface area contributed by atoms with Crippen LogP contribution in [0.2, 0.25) is 0 Å². The number of anilines is 1. The van der Waals surface area contributed by atoms with Crippen LogP contribution in [-0.2, 0) is 0 Å². The predicted molar refractivity (Wildman–Crippen MR) is 124 cm³/mol. The van der Waals surface area contributed by atoms with Crippen molar-refractivity contribution in [3.8, 4) is 22.6 Å². The fourth-order valence-corrected chi connectivity index (χ4v) is 4.40. The summed E-state index contributed by atoms with van der Waals surface area (Å²) in [6, 6.07) is 11.0. The van der Waals surface area contributed by atoms with Crippen molar-refractivity contribution < 1.29 is 17.6 Å². The Hall–Kier alpha value is -3.46. The van der Waals surface area contributed by atoms with Gasteiger partial charge in [-0.1, -0.05) is 12.1 Å². The summed E-state index contributed by atoms with van der Waals surface area (Å²) < 4.78 is 44.1. The van der Waals surface area contributed by atoms with Gasteiger partial charge in [0.15, 0.2) is 16.8 Å². The third-order valence-corrected chi connectivity index (χ3v) is 6.37. The minimum atomic E-state index is -4.20. The molecule has 3 heterocycles. The molecule has 0 bridgehead atoms. The second kappa shape index (κ2) is 8.39. The van der Waals surface area contributed by atoms with E-state index in [2.05, 4.69) is 4.98 Å². The number of piperazine rings is 1. The zero-order chi connectivity index (χ0) is 24.0. The molecule has 1 saturated heterocycles. The lowest BCUT2D eigenvalue weighted by atomic mass is 9.94. The van der Waals surface area contributed by atoms with E-state index in [1.165, 1.54) is 4.90 Å². The normalized spacial score (nSPS) is 15.4. The van der Waals surface area contributed by atoms with Gasteiger partial charge in [0.1, 0.15) is 17.0 Å². The number of benzene rings is 2. The van der Waals surface area contributed by atoms with Crippen molar-refractivity contribution >= 4 is 16.9 Å². The molecular formula is C25H23F3N4O2. The van der Waals surface area contributed by atoms with Crippen molar-refractivity contribution in [2.24, 2.45) is 0 Å². The topological polar surface area (TPSA) is 62.5 Å². The standard InChI is InChI=1S/C25H23F3N4O2/c1-15-16(2)23(33)21(24-22(15)30-18-5-3-4-6-19(18)34-24)17-7-8-20(29-13-17)32-11-9-31(10-12-32)14-25(26,27)28/h3-8,13H,9-12,14H2,1-2H3. The molecule has 1 aromatic carbocycles. The molecule has 9 heteroatoms. The van der Waals surface area contributed by atoms with Gasteiger partial charge in [0.05, 0.1) is 12.1 Å².